The van der Waals surface area contributed by atoms with E-state index in [4.69, 9.17) is 9.47 Å². The van der Waals surface area contributed by atoms with Gasteiger partial charge in [0.25, 0.3) is 21.5 Å². The van der Waals surface area contributed by atoms with Gasteiger partial charge in [0.05, 0.1) is 10.3 Å². The molecule has 1 aliphatic rings. The van der Waals surface area contributed by atoms with Crippen molar-refractivity contribution in [1.82, 2.24) is 20.0 Å². The molecule has 0 unspecified atom stereocenters. The van der Waals surface area contributed by atoms with Crippen LogP contribution in [0, 0.1) is 0 Å². The predicted molar refractivity (Wildman–Crippen MR) is 121 cm³/mol. The second-order valence-electron chi connectivity index (χ2n) is 7.49. The van der Waals surface area contributed by atoms with E-state index < -0.39 is 15.9 Å². The first-order valence-electron chi connectivity index (χ1n) is 10.6. The van der Waals surface area contributed by atoms with Crippen LogP contribution in [0.3, 0.4) is 0 Å². The zero-order chi connectivity index (χ0) is 23.4. The molecule has 0 saturated carbocycles. The highest BCUT2D eigenvalue weighted by Gasteiger charge is 2.22. The number of aryl methyl sites for hydroxylation is 1. The number of unbranched alkanes of at least 4 members (excludes halogenated alkanes) is 2. The second kappa shape index (κ2) is 9.59. The SMILES string of the molecule is CCCCCn1nc(C(=O)NNS(=O)(=O)c2ccc3c(c2)OCCO3)c2ccccc2c1=O. The van der Waals surface area contributed by atoms with Gasteiger partial charge in [-0.25, -0.2) is 13.1 Å². The molecule has 0 aliphatic carbocycles. The Kier molecular flexibility index (Phi) is 6.61. The number of carbonyl (C=O) groups excluding carboxylic acids is 1. The summed E-state index contributed by atoms with van der Waals surface area (Å²) >= 11 is 0. The number of fused-ring (bicyclic) bond motifs is 2. The van der Waals surface area contributed by atoms with Crippen LogP contribution in [0.2, 0.25) is 0 Å². The highest BCUT2D eigenvalue weighted by molar-refractivity contribution is 7.89. The number of hydrazine groups is 1. The topological polar surface area (TPSA) is 129 Å². The van der Waals surface area contributed by atoms with Gasteiger partial charge in [-0.3, -0.25) is 15.0 Å². The summed E-state index contributed by atoms with van der Waals surface area (Å²) in [4.78, 5) is 27.6. The van der Waals surface area contributed by atoms with E-state index in [1.807, 2.05) is 6.92 Å². The van der Waals surface area contributed by atoms with E-state index in [1.165, 1.54) is 22.9 Å². The third kappa shape index (κ3) is 4.83. The van der Waals surface area contributed by atoms with Gasteiger partial charge in [-0.05, 0) is 24.6 Å². The number of hydrogen-bond donors (Lipinski definition) is 2. The minimum Gasteiger partial charge on any atom is -0.486 e. The van der Waals surface area contributed by atoms with Crippen LogP contribution in [-0.2, 0) is 16.6 Å². The number of aromatic nitrogens is 2. The molecular formula is C22H24N4O6S. The molecule has 1 aromatic heterocycles. The summed E-state index contributed by atoms with van der Waals surface area (Å²) in [5.74, 6) is -0.0240. The van der Waals surface area contributed by atoms with Gasteiger partial charge >= 0.3 is 0 Å². The number of hydrogen-bond acceptors (Lipinski definition) is 7. The number of carbonyl (C=O) groups is 1. The third-order valence-corrected chi connectivity index (χ3v) is 6.42. The van der Waals surface area contributed by atoms with Crippen LogP contribution in [0.15, 0.2) is 52.2 Å². The Bertz CT molecular complexity index is 1350. The van der Waals surface area contributed by atoms with Crippen molar-refractivity contribution in [1.29, 1.82) is 0 Å². The van der Waals surface area contributed by atoms with Crippen molar-refractivity contribution in [3.63, 3.8) is 0 Å². The fourth-order valence-corrected chi connectivity index (χ4v) is 4.34. The van der Waals surface area contributed by atoms with Gasteiger partial charge in [-0.15, -0.1) is 4.83 Å². The average Bonchev–Trinajstić information content (AvgIpc) is 2.84. The van der Waals surface area contributed by atoms with Crippen molar-refractivity contribution in [2.45, 2.75) is 37.6 Å². The van der Waals surface area contributed by atoms with Crippen molar-refractivity contribution >= 4 is 26.7 Å². The Balaban J connectivity index is 1.58. The molecule has 0 radical (unpaired) electrons. The van der Waals surface area contributed by atoms with E-state index in [0.29, 0.717) is 42.0 Å². The lowest BCUT2D eigenvalue weighted by Crippen LogP contribution is -2.42. The van der Waals surface area contributed by atoms with Crippen LogP contribution in [0.1, 0.15) is 36.7 Å². The van der Waals surface area contributed by atoms with E-state index in [2.05, 4.69) is 15.4 Å². The zero-order valence-electron chi connectivity index (χ0n) is 18.0. The summed E-state index contributed by atoms with van der Waals surface area (Å²) in [7, 11) is -4.10. The summed E-state index contributed by atoms with van der Waals surface area (Å²) in [6.07, 6.45) is 2.62. The summed E-state index contributed by atoms with van der Waals surface area (Å²) in [6, 6.07) is 10.8. The number of sulfonamides is 1. The molecule has 2 heterocycles. The van der Waals surface area contributed by atoms with E-state index in [-0.39, 0.29) is 16.1 Å². The average molecular weight is 473 g/mol. The Morgan fingerprint density at radius 2 is 1.79 bits per heavy atom. The summed E-state index contributed by atoms with van der Waals surface area (Å²) in [6.45, 7) is 3.10. The van der Waals surface area contributed by atoms with Gasteiger partial charge in [0, 0.05) is 18.0 Å². The van der Waals surface area contributed by atoms with Gasteiger partial charge in [-0.1, -0.05) is 38.0 Å². The third-order valence-electron chi connectivity index (χ3n) is 5.18. The largest absolute Gasteiger partial charge is 0.486 e. The van der Waals surface area contributed by atoms with Crippen molar-refractivity contribution in [2.24, 2.45) is 0 Å². The Morgan fingerprint density at radius 3 is 2.55 bits per heavy atom. The van der Waals surface area contributed by atoms with E-state index >= 15 is 0 Å². The number of rotatable bonds is 8. The fourth-order valence-electron chi connectivity index (χ4n) is 3.49. The molecule has 0 bridgehead atoms. The number of benzene rings is 2. The predicted octanol–water partition coefficient (Wildman–Crippen LogP) is 1.98. The molecule has 0 atom stereocenters. The molecule has 2 aromatic carbocycles. The zero-order valence-corrected chi connectivity index (χ0v) is 18.9. The van der Waals surface area contributed by atoms with E-state index in [0.717, 1.165) is 19.3 Å². The number of amides is 1. The maximum Gasteiger partial charge on any atom is 0.287 e. The number of nitrogens with one attached hydrogen (secondary N) is 2. The smallest absolute Gasteiger partial charge is 0.287 e. The van der Waals surface area contributed by atoms with Crippen LogP contribution >= 0.6 is 0 Å². The maximum atomic E-state index is 12.9. The maximum absolute atomic E-state index is 12.9. The second-order valence-corrected chi connectivity index (χ2v) is 9.18. The number of nitrogens with zero attached hydrogens (tertiary/aromatic N) is 2. The summed E-state index contributed by atoms with van der Waals surface area (Å²) in [5.41, 5.74) is 1.85. The van der Waals surface area contributed by atoms with Gasteiger partial charge in [0.15, 0.2) is 17.2 Å². The van der Waals surface area contributed by atoms with Crippen molar-refractivity contribution in [3.8, 4) is 11.5 Å². The molecule has 3 aromatic rings. The van der Waals surface area contributed by atoms with E-state index in [1.54, 1.807) is 24.3 Å². The van der Waals surface area contributed by atoms with Gasteiger partial charge in [0.1, 0.15) is 13.2 Å². The molecule has 0 saturated heterocycles. The first kappa shape index (κ1) is 22.7. The minimum absolute atomic E-state index is 0.0495. The van der Waals surface area contributed by atoms with Crippen molar-refractivity contribution in [3.05, 3.63) is 58.5 Å². The van der Waals surface area contributed by atoms with Gasteiger partial charge in [0.2, 0.25) is 0 Å². The molecule has 1 aliphatic heterocycles. The minimum atomic E-state index is -4.10. The highest BCUT2D eigenvalue weighted by Crippen LogP contribution is 2.32. The molecule has 11 heteroatoms. The Hall–Kier alpha value is -3.44. The quantitative estimate of drug-likeness (QED) is 0.379. The van der Waals surface area contributed by atoms with Crippen LogP contribution in [0.25, 0.3) is 10.8 Å². The van der Waals surface area contributed by atoms with Gasteiger partial charge < -0.3 is 9.47 Å². The normalized spacial score (nSPS) is 13.1. The lowest BCUT2D eigenvalue weighted by molar-refractivity contribution is 0.0939. The molecule has 33 heavy (non-hydrogen) atoms. The van der Waals surface area contributed by atoms with Crippen LogP contribution in [0.5, 0.6) is 11.5 Å². The van der Waals surface area contributed by atoms with Crippen molar-refractivity contribution in [2.75, 3.05) is 13.2 Å². The summed E-state index contributed by atoms with van der Waals surface area (Å²) in [5, 5.41) is 4.90. The Labute approximate surface area is 190 Å². The van der Waals surface area contributed by atoms with Gasteiger partial charge in [-0.2, -0.15) is 5.10 Å². The first-order chi connectivity index (χ1) is 15.9. The molecule has 1 amide bonds. The summed E-state index contributed by atoms with van der Waals surface area (Å²) < 4.78 is 37.5. The molecular weight excluding hydrogens is 448 g/mol. The van der Waals surface area contributed by atoms with E-state index in [9.17, 15) is 18.0 Å². The Morgan fingerprint density at radius 1 is 1.06 bits per heavy atom. The molecule has 0 fully saturated rings. The lowest BCUT2D eigenvalue weighted by atomic mass is 10.1. The van der Waals surface area contributed by atoms with Crippen LogP contribution in [-0.4, -0.2) is 37.3 Å². The monoisotopic (exact) mass is 472 g/mol. The van der Waals surface area contributed by atoms with Crippen LogP contribution in [0.4, 0.5) is 0 Å². The molecule has 2 N–H and O–H groups in total. The molecule has 174 valence electrons. The van der Waals surface area contributed by atoms with Crippen LogP contribution < -0.4 is 25.3 Å². The molecule has 0 spiro atoms. The van der Waals surface area contributed by atoms with Crippen molar-refractivity contribution < 1.29 is 22.7 Å². The fraction of sp³-hybridized carbons (Fsp3) is 0.318. The lowest BCUT2D eigenvalue weighted by Gasteiger charge is -2.19. The number of ether oxygens (including phenoxy) is 2. The molecule has 10 nitrogen and oxygen atoms in total. The molecule has 4 rings (SSSR count). The standard InChI is InChI=1S/C22H24N4O6S/c1-2-3-6-11-26-22(28)17-8-5-4-7-16(17)20(24-26)21(27)23-25-33(29,30)15-9-10-18-19(14-15)32-13-12-31-18/h4-5,7-10,14,25H,2-3,6,11-13H2,1H3,(H,23,27). The highest BCUT2D eigenvalue weighted by atomic mass is 32.2. The first-order valence-corrected chi connectivity index (χ1v) is 12.1.